The van der Waals surface area contributed by atoms with Crippen LogP contribution in [0.5, 0.6) is 0 Å². The van der Waals surface area contributed by atoms with Crippen LogP contribution in [0.15, 0.2) is 23.1 Å². The molecule has 16 heavy (non-hydrogen) atoms. The van der Waals surface area contributed by atoms with Crippen molar-refractivity contribution in [1.82, 2.24) is 10.6 Å². The molecule has 3 nitrogen and oxygen atoms in total. The second-order valence-electron chi connectivity index (χ2n) is 3.64. The van der Waals surface area contributed by atoms with E-state index < -0.39 is 0 Å². The molecule has 0 unspecified atom stereocenters. The molecule has 0 spiro atoms. The predicted molar refractivity (Wildman–Crippen MR) is 74.9 cm³/mol. The van der Waals surface area contributed by atoms with E-state index in [1.54, 1.807) is 11.3 Å². The Balaban J connectivity index is 1.86. The van der Waals surface area contributed by atoms with E-state index >= 15 is 0 Å². The van der Waals surface area contributed by atoms with E-state index in [1.165, 1.54) is 5.57 Å². The van der Waals surface area contributed by atoms with E-state index in [1.807, 2.05) is 11.4 Å². The monoisotopic (exact) mass is 348 g/mol. The van der Waals surface area contributed by atoms with E-state index in [9.17, 15) is 4.79 Å². The van der Waals surface area contributed by atoms with Crippen molar-refractivity contribution in [2.24, 2.45) is 0 Å². The topological polar surface area (TPSA) is 41.1 Å². The first kappa shape index (κ1) is 12.1. The van der Waals surface area contributed by atoms with Crippen molar-refractivity contribution >= 4 is 39.8 Å². The molecule has 1 amide bonds. The van der Waals surface area contributed by atoms with E-state index in [4.69, 9.17) is 0 Å². The van der Waals surface area contributed by atoms with Crippen LogP contribution in [0.25, 0.3) is 0 Å². The summed E-state index contributed by atoms with van der Waals surface area (Å²) in [5, 5.41) is 8.10. The van der Waals surface area contributed by atoms with Gasteiger partial charge in [-0.1, -0.05) is 11.6 Å². The van der Waals surface area contributed by atoms with Gasteiger partial charge < -0.3 is 10.6 Å². The molecule has 2 heterocycles. The second-order valence-corrected chi connectivity index (χ2v) is 6.44. The Hall–Kier alpha value is -0.400. The highest BCUT2D eigenvalue weighted by Gasteiger charge is 2.09. The van der Waals surface area contributed by atoms with Gasteiger partial charge in [-0.15, -0.1) is 11.3 Å². The van der Waals surface area contributed by atoms with Crippen LogP contribution < -0.4 is 10.6 Å². The predicted octanol–water partition coefficient (Wildman–Crippen LogP) is 2.00. The van der Waals surface area contributed by atoms with Gasteiger partial charge in [-0.05, 0) is 41.6 Å². The minimum atomic E-state index is 0.0265. The SMILES string of the molecule is O=C(NCC1=CCNCC1)c1csc(I)c1. The zero-order valence-electron chi connectivity index (χ0n) is 8.75. The first-order valence-corrected chi connectivity index (χ1v) is 7.12. The van der Waals surface area contributed by atoms with Gasteiger partial charge in [0.2, 0.25) is 0 Å². The van der Waals surface area contributed by atoms with Crippen LogP contribution in [-0.2, 0) is 0 Å². The number of amides is 1. The van der Waals surface area contributed by atoms with E-state index in [0.29, 0.717) is 6.54 Å². The Morgan fingerprint density at radius 2 is 2.50 bits per heavy atom. The quantitative estimate of drug-likeness (QED) is 0.648. The smallest absolute Gasteiger partial charge is 0.252 e. The molecule has 0 aromatic carbocycles. The van der Waals surface area contributed by atoms with Crippen molar-refractivity contribution in [1.29, 1.82) is 0 Å². The Morgan fingerprint density at radius 1 is 1.62 bits per heavy atom. The number of carbonyl (C=O) groups is 1. The van der Waals surface area contributed by atoms with Gasteiger partial charge in [0.15, 0.2) is 0 Å². The molecule has 86 valence electrons. The maximum absolute atomic E-state index is 11.8. The molecule has 0 atom stereocenters. The molecule has 2 N–H and O–H groups in total. The molecule has 0 saturated heterocycles. The average Bonchev–Trinajstić information content (AvgIpc) is 2.74. The highest BCUT2D eigenvalue weighted by atomic mass is 127. The fourth-order valence-corrected chi connectivity index (χ4v) is 2.88. The lowest BCUT2D eigenvalue weighted by Crippen LogP contribution is -2.29. The van der Waals surface area contributed by atoms with Crippen LogP contribution in [0, 0.1) is 2.88 Å². The van der Waals surface area contributed by atoms with Crippen molar-refractivity contribution in [2.75, 3.05) is 19.6 Å². The zero-order valence-corrected chi connectivity index (χ0v) is 11.7. The minimum Gasteiger partial charge on any atom is -0.348 e. The lowest BCUT2D eigenvalue weighted by Gasteiger charge is -2.14. The maximum atomic E-state index is 11.8. The average molecular weight is 348 g/mol. The summed E-state index contributed by atoms with van der Waals surface area (Å²) >= 11 is 3.82. The summed E-state index contributed by atoms with van der Waals surface area (Å²) in [5.41, 5.74) is 2.08. The van der Waals surface area contributed by atoms with Crippen LogP contribution in [0.3, 0.4) is 0 Å². The Bertz CT molecular complexity index is 414. The number of carbonyl (C=O) groups excluding carboxylic acids is 1. The molecule has 1 aliphatic rings. The summed E-state index contributed by atoms with van der Waals surface area (Å²) in [5.74, 6) is 0.0265. The number of nitrogens with one attached hydrogen (secondary N) is 2. The van der Waals surface area contributed by atoms with E-state index in [0.717, 1.165) is 28.0 Å². The molecular formula is C11H13IN2OS. The van der Waals surface area contributed by atoms with Crippen molar-refractivity contribution in [3.63, 3.8) is 0 Å². The first-order chi connectivity index (χ1) is 7.75. The number of rotatable bonds is 3. The summed E-state index contributed by atoms with van der Waals surface area (Å²) in [6, 6.07) is 1.91. The summed E-state index contributed by atoms with van der Waals surface area (Å²) in [4.78, 5) is 11.8. The molecule has 5 heteroatoms. The normalized spacial score (nSPS) is 15.7. The molecule has 0 radical (unpaired) electrons. The van der Waals surface area contributed by atoms with Gasteiger partial charge in [0.05, 0.1) is 8.45 Å². The third-order valence-electron chi connectivity index (χ3n) is 2.46. The Labute approximate surface area is 112 Å². The summed E-state index contributed by atoms with van der Waals surface area (Å²) in [6.45, 7) is 2.60. The number of thiophene rings is 1. The largest absolute Gasteiger partial charge is 0.348 e. The zero-order chi connectivity index (χ0) is 11.4. The summed E-state index contributed by atoms with van der Waals surface area (Å²) in [7, 11) is 0. The summed E-state index contributed by atoms with van der Waals surface area (Å²) < 4.78 is 1.14. The third kappa shape index (κ3) is 3.29. The molecule has 1 aromatic rings. The van der Waals surface area contributed by atoms with E-state index in [2.05, 4.69) is 39.3 Å². The lowest BCUT2D eigenvalue weighted by atomic mass is 10.1. The van der Waals surface area contributed by atoms with Crippen LogP contribution in [0.4, 0.5) is 0 Å². The number of hydrogen-bond acceptors (Lipinski definition) is 3. The Morgan fingerprint density at radius 3 is 3.12 bits per heavy atom. The van der Waals surface area contributed by atoms with E-state index in [-0.39, 0.29) is 5.91 Å². The van der Waals surface area contributed by atoms with Gasteiger partial charge in [-0.3, -0.25) is 4.79 Å². The molecule has 0 bridgehead atoms. The molecule has 0 fully saturated rings. The van der Waals surface area contributed by atoms with Gasteiger partial charge in [-0.2, -0.15) is 0 Å². The number of halogens is 1. The molecular weight excluding hydrogens is 335 g/mol. The van der Waals surface area contributed by atoms with Crippen LogP contribution >= 0.6 is 33.9 Å². The lowest BCUT2D eigenvalue weighted by molar-refractivity contribution is 0.0957. The standard InChI is InChI=1S/C11H13IN2OS/c12-10-5-9(7-16-10)11(15)14-6-8-1-3-13-4-2-8/h1,5,7,13H,2-4,6H2,(H,14,15). The van der Waals surface area contributed by atoms with Crippen molar-refractivity contribution < 1.29 is 4.79 Å². The molecule has 2 rings (SSSR count). The number of hydrogen-bond donors (Lipinski definition) is 2. The fraction of sp³-hybridized carbons (Fsp3) is 0.364. The van der Waals surface area contributed by atoms with Gasteiger partial charge in [-0.25, -0.2) is 0 Å². The minimum absolute atomic E-state index is 0.0265. The second kappa shape index (κ2) is 5.79. The third-order valence-corrected chi connectivity index (χ3v) is 4.25. The van der Waals surface area contributed by atoms with Crippen molar-refractivity contribution in [3.05, 3.63) is 31.5 Å². The van der Waals surface area contributed by atoms with Crippen molar-refractivity contribution in [2.45, 2.75) is 6.42 Å². The molecule has 1 aliphatic heterocycles. The first-order valence-electron chi connectivity index (χ1n) is 5.16. The fourth-order valence-electron chi connectivity index (χ4n) is 1.56. The van der Waals surface area contributed by atoms with Gasteiger partial charge in [0, 0.05) is 18.5 Å². The highest BCUT2D eigenvalue weighted by molar-refractivity contribution is 14.1. The van der Waals surface area contributed by atoms with Gasteiger partial charge >= 0.3 is 0 Å². The highest BCUT2D eigenvalue weighted by Crippen LogP contribution is 2.16. The van der Waals surface area contributed by atoms with Gasteiger partial charge in [0.25, 0.3) is 5.91 Å². The molecule has 1 aromatic heterocycles. The van der Waals surface area contributed by atoms with Crippen LogP contribution in [-0.4, -0.2) is 25.5 Å². The molecule has 0 aliphatic carbocycles. The van der Waals surface area contributed by atoms with Crippen molar-refractivity contribution in [3.8, 4) is 0 Å². The van der Waals surface area contributed by atoms with Gasteiger partial charge in [0.1, 0.15) is 0 Å². The summed E-state index contributed by atoms with van der Waals surface area (Å²) in [6.07, 6.45) is 3.18. The van der Waals surface area contributed by atoms with Crippen LogP contribution in [0.1, 0.15) is 16.8 Å². The maximum Gasteiger partial charge on any atom is 0.252 e. The molecule has 0 saturated carbocycles. The Kier molecular flexibility index (Phi) is 4.37. The van der Waals surface area contributed by atoms with Crippen LogP contribution in [0.2, 0.25) is 0 Å².